The molecule has 158 valence electrons. The number of benzene rings is 3. The molecule has 0 saturated carbocycles. The smallest absolute Gasteiger partial charge is 0.258 e. The molecule has 4 atom stereocenters. The maximum atomic E-state index is 11.5. The molecule has 3 aliphatic rings. The maximum absolute atomic E-state index is 11.5. The van der Waals surface area contributed by atoms with Crippen LogP contribution in [0.25, 0.3) is 0 Å². The number of non-ortho nitro benzene ring substituents is 3. The number of nitrogens with zero attached hydrogens (tertiary/aromatic N) is 3. The zero-order valence-electron chi connectivity index (χ0n) is 16.7. The Kier molecular flexibility index (Phi) is 3.35. The Hall–Kier alpha value is -4.14. The van der Waals surface area contributed by atoms with Gasteiger partial charge in [0.1, 0.15) is 0 Å². The SMILES string of the molecule is CC12C3c4ccc([N+](=O)[O-])cc4C1c1ccc([N+](=O)[O-])cc1C2c1cc([N+](=O)[O-])ccc13. The van der Waals surface area contributed by atoms with Crippen LogP contribution >= 0.6 is 0 Å². The van der Waals surface area contributed by atoms with E-state index in [1.165, 1.54) is 18.2 Å². The van der Waals surface area contributed by atoms with Crippen molar-refractivity contribution in [3.8, 4) is 0 Å². The van der Waals surface area contributed by atoms with Crippen LogP contribution in [-0.4, -0.2) is 14.8 Å². The van der Waals surface area contributed by atoms with Gasteiger partial charge in [0.25, 0.3) is 17.1 Å². The molecule has 3 aromatic rings. The van der Waals surface area contributed by atoms with Gasteiger partial charge >= 0.3 is 0 Å². The lowest BCUT2D eigenvalue weighted by Crippen LogP contribution is -2.23. The Morgan fingerprint density at radius 1 is 0.562 bits per heavy atom. The van der Waals surface area contributed by atoms with Gasteiger partial charge in [-0.05, 0) is 33.4 Å². The molecule has 0 radical (unpaired) electrons. The second kappa shape index (κ2) is 5.76. The lowest BCUT2D eigenvalue weighted by molar-refractivity contribution is -0.385. The van der Waals surface area contributed by atoms with Gasteiger partial charge in [-0.3, -0.25) is 30.3 Å². The van der Waals surface area contributed by atoms with Gasteiger partial charge in [-0.1, -0.05) is 25.1 Å². The Morgan fingerprint density at radius 2 is 0.844 bits per heavy atom. The fraction of sp³-hybridized carbons (Fsp3) is 0.217. The second-order valence-electron chi connectivity index (χ2n) is 8.88. The van der Waals surface area contributed by atoms with E-state index in [1.807, 2.05) is 0 Å². The van der Waals surface area contributed by atoms with Gasteiger partial charge in [-0.15, -0.1) is 0 Å². The van der Waals surface area contributed by atoms with Crippen molar-refractivity contribution in [2.24, 2.45) is 5.41 Å². The molecular weight excluding hydrogens is 414 g/mol. The first-order chi connectivity index (χ1) is 15.2. The summed E-state index contributed by atoms with van der Waals surface area (Å²) in [5.74, 6) is -0.598. The molecule has 0 aromatic heterocycles. The van der Waals surface area contributed by atoms with E-state index in [0.717, 1.165) is 33.4 Å². The minimum Gasteiger partial charge on any atom is -0.258 e. The van der Waals surface area contributed by atoms with Crippen LogP contribution in [-0.2, 0) is 0 Å². The molecule has 9 heteroatoms. The average molecular weight is 429 g/mol. The van der Waals surface area contributed by atoms with E-state index in [4.69, 9.17) is 0 Å². The summed E-state index contributed by atoms with van der Waals surface area (Å²) < 4.78 is 0. The molecule has 0 N–H and O–H groups in total. The van der Waals surface area contributed by atoms with Gasteiger partial charge in [0, 0.05) is 59.6 Å². The molecule has 6 rings (SSSR count). The summed E-state index contributed by atoms with van der Waals surface area (Å²) in [6.07, 6.45) is 0. The van der Waals surface area contributed by atoms with Crippen LogP contribution in [0.5, 0.6) is 0 Å². The maximum Gasteiger partial charge on any atom is 0.269 e. The quantitative estimate of drug-likeness (QED) is 0.418. The van der Waals surface area contributed by atoms with Crippen LogP contribution in [0, 0.1) is 35.8 Å². The van der Waals surface area contributed by atoms with E-state index >= 15 is 0 Å². The van der Waals surface area contributed by atoms with Crippen molar-refractivity contribution in [2.45, 2.75) is 24.7 Å². The normalized spacial score (nSPS) is 25.6. The van der Waals surface area contributed by atoms with Gasteiger partial charge in [-0.25, -0.2) is 0 Å². The summed E-state index contributed by atoms with van der Waals surface area (Å²) in [7, 11) is 0. The van der Waals surface area contributed by atoms with E-state index in [1.54, 1.807) is 36.4 Å². The highest BCUT2D eigenvalue weighted by atomic mass is 16.6. The topological polar surface area (TPSA) is 129 Å². The summed E-state index contributed by atoms with van der Waals surface area (Å²) >= 11 is 0. The molecule has 3 aliphatic carbocycles. The van der Waals surface area contributed by atoms with E-state index in [2.05, 4.69) is 6.92 Å². The largest absolute Gasteiger partial charge is 0.269 e. The lowest BCUT2D eigenvalue weighted by atomic mass is 9.70. The number of nitro benzene ring substituents is 3. The van der Waals surface area contributed by atoms with Gasteiger partial charge in [0.15, 0.2) is 0 Å². The molecule has 32 heavy (non-hydrogen) atoms. The Labute approximate surface area is 180 Å². The third kappa shape index (κ3) is 2.02. The summed E-state index contributed by atoms with van der Waals surface area (Å²) in [5.41, 5.74) is 4.72. The van der Waals surface area contributed by atoms with E-state index in [0.29, 0.717) is 0 Å². The molecule has 0 aliphatic heterocycles. The molecule has 0 saturated heterocycles. The highest BCUT2D eigenvalue weighted by molar-refractivity contribution is 5.71. The first kappa shape index (κ1) is 18.6. The van der Waals surface area contributed by atoms with Crippen molar-refractivity contribution in [3.05, 3.63) is 118 Å². The second-order valence-corrected chi connectivity index (χ2v) is 8.88. The molecule has 9 nitrogen and oxygen atoms in total. The summed E-state index contributed by atoms with van der Waals surface area (Å²) in [6.45, 7) is 2.09. The van der Waals surface area contributed by atoms with E-state index in [9.17, 15) is 30.3 Å². The predicted molar refractivity (Wildman–Crippen MR) is 113 cm³/mol. The highest BCUT2D eigenvalue weighted by Crippen LogP contribution is 2.76. The Bertz CT molecular complexity index is 1420. The minimum absolute atomic E-state index is 0.00292. The van der Waals surface area contributed by atoms with E-state index < -0.39 is 20.2 Å². The molecular formula is C23H15N3O6. The molecule has 3 aromatic carbocycles. The summed E-state index contributed by atoms with van der Waals surface area (Å²) in [6, 6.07) is 14.5. The predicted octanol–water partition coefficient (Wildman–Crippen LogP) is 5.15. The molecule has 4 unspecified atom stereocenters. The van der Waals surface area contributed by atoms with Crippen LogP contribution in [0.4, 0.5) is 17.1 Å². The summed E-state index contributed by atoms with van der Waals surface area (Å²) in [4.78, 5) is 33.1. The number of nitro groups is 3. The molecule has 0 spiro atoms. The monoisotopic (exact) mass is 429 g/mol. The van der Waals surface area contributed by atoms with Gasteiger partial charge in [-0.2, -0.15) is 0 Å². The third-order valence-electron chi connectivity index (χ3n) is 7.58. The first-order valence-corrected chi connectivity index (χ1v) is 10.1. The van der Waals surface area contributed by atoms with Crippen molar-refractivity contribution in [1.82, 2.24) is 0 Å². The average Bonchev–Trinajstić information content (AvgIpc) is 3.27. The van der Waals surface area contributed by atoms with Crippen molar-refractivity contribution < 1.29 is 14.8 Å². The number of hydrogen-bond acceptors (Lipinski definition) is 6. The standard InChI is InChI=1S/C23H15N3O6/c1-23-20-14-5-2-11(24(27)28)8-17(14)21(23)16-7-4-13(26(31)32)10-19(16)22(23)18-9-12(25(29)30)3-6-15(18)20/h2-10,20-22H,1H3. The Morgan fingerprint density at radius 3 is 1.16 bits per heavy atom. The lowest BCUT2D eigenvalue weighted by Gasteiger charge is -2.31. The highest BCUT2D eigenvalue weighted by Gasteiger charge is 2.65. The van der Waals surface area contributed by atoms with Crippen molar-refractivity contribution in [2.75, 3.05) is 0 Å². The molecule has 0 heterocycles. The molecule has 0 amide bonds. The van der Waals surface area contributed by atoms with Crippen LogP contribution in [0.1, 0.15) is 58.1 Å². The number of hydrogen-bond donors (Lipinski definition) is 0. The van der Waals surface area contributed by atoms with Crippen LogP contribution in [0.3, 0.4) is 0 Å². The van der Waals surface area contributed by atoms with E-state index in [-0.39, 0.29) is 34.8 Å². The minimum atomic E-state index is -0.466. The fourth-order valence-corrected chi connectivity index (χ4v) is 6.58. The number of fused-ring (bicyclic) bond motifs is 9. The first-order valence-electron chi connectivity index (χ1n) is 10.1. The van der Waals surface area contributed by atoms with Gasteiger partial charge in [0.2, 0.25) is 0 Å². The molecule has 0 bridgehead atoms. The zero-order chi connectivity index (χ0) is 22.5. The molecule has 0 fully saturated rings. The van der Waals surface area contributed by atoms with Crippen molar-refractivity contribution >= 4 is 17.1 Å². The number of rotatable bonds is 3. The summed E-state index contributed by atoms with van der Waals surface area (Å²) in [5, 5.41) is 34.4. The van der Waals surface area contributed by atoms with Crippen molar-refractivity contribution in [3.63, 3.8) is 0 Å². The van der Waals surface area contributed by atoms with Crippen LogP contribution < -0.4 is 0 Å². The fourth-order valence-electron chi connectivity index (χ4n) is 6.58. The van der Waals surface area contributed by atoms with Crippen molar-refractivity contribution in [1.29, 1.82) is 0 Å². The van der Waals surface area contributed by atoms with Gasteiger partial charge in [0.05, 0.1) is 14.8 Å². The van der Waals surface area contributed by atoms with Crippen LogP contribution in [0.2, 0.25) is 0 Å². The van der Waals surface area contributed by atoms with Crippen LogP contribution in [0.15, 0.2) is 54.6 Å². The van der Waals surface area contributed by atoms with Gasteiger partial charge < -0.3 is 0 Å². The zero-order valence-corrected chi connectivity index (χ0v) is 16.7. The Balaban J connectivity index is 1.71. The third-order valence-corrected chi connectivity index (χ3v) is 7.58.